The van der Waals surface area contributed by atoms with Crippen molar-refractivity contribution in [3.05, 3.63) is 78.1 Å². The van der Waals surface area contributed by atoms with Gasteiger partial charge in [-0.2, -0.15) is 0 Å². The van der Waals surface area contributed by atoms with Gasteiger partial charge in [0.15, 0.2) is 0 Å². The van der Waals surface area contributed by atoms with Crippen molar-refractivity contribution in [2.24, 2.45) is 0 Å². The fraction of sp³-hybridized carbons (Fsp3) is 0.357. The van der Waals surface area contributed by atoms with Gasteiger partial charge in [0.2, 0.25) is 0 Å². The van der Waals surface area contributed by atoms with Crippen LogP contribution in [0.4, 0.5) is 13.2 Å². The number of rotatable bonds is 12. The molecule has 0 amide bonds. The molecule has 32 heavy (non-hydrogen) atoms. The maximum absolute atomic E-state index is 14.3. The molecule has 0 N–H and O–H groups in total. The van der Waals surface area contributed by atoms with E-state index in [1.54, 1.807) is 0 Å². The second-order valence-corrected chi connectivity index (χ2v) is 8.16. The van der Waals surface area contributed by atoms with Crippen molar-refractivity contribution in [1.82, 2.24) is 0 Å². The summed E-state index contributed by atoms with van der Waals surface area (Å²) >= 11 is 0. The number of unbranched alkanes of at least 4 members (excludes halogenated alkanes) is 7. The summed E-state index contributed by atoms with van der Waals surface area (Å²) in [7, 11) is 0. The molecule has 3 aromatic rings. The first-order chi connectivity index (χ1) is 15.6. The van der Waals surface area contributed by atoms with Gasteiger partial charge in [-0.25, -0.2) is 13.2 Å². The molecule has 0 aliphatic carbocycles. The Labute approximate surface area is 189 Å². The Morgan fingerprint density at radius 1 is 0.594 bits per heavy atom. The minimum absolute atomic E-state index is 0.107. The van der Waals surface area contributed by atoms with Crippen molar-refractivity contribution in [3.8, 4) is 28.0 Å². The summed E-state index contributed by atoms with van der Waals surface area (Å²) in [6, 6.07) is 14.7. The van der Waals surface area contributed by atoms with Crippen molar-refractivity contribution < 1.29 is 17.9 Å². The van der Waals surface area contributed by atoms with E-state index in [-0.39, 0.29) is 5.56 Å². The lowest BCUT2D eigenvalue weighted by atomic mass is 9.94. The molecule has 0 bridgehead atoms. The summed E-state index contributed by atoms with van der Waals surface area (Å²) in [5.74, 6) is -0.784. The Balaban J connectivity index is 1.60. The van der Waals surface area contributed by atoms with E-state index in [4.69, 9.17) is 4.74 Å². The molecule has 0 aromatic heterocycles. The van der Waals surface area contributed by atoms with E-state index >= 15 is 0 Å². The summed E-state index contributed by atoms with van der Waals surface area (Å²) in [4.78, 5) is 0. The molecular formula is C28H31F3O. The predicted molar refractivity (Wildman–Crippen MR) is 125 cm³/mol. The fourth-order valence-electron chi connectivity index (χ4n) is 3.85. The number of benzene rings is 3. The molecule has 0 spiro atoms. The topological polar surface area (TPSA) is 9.23 Å². The molecule has 170 valence electrons. The molecule has 0 saturated heterocycles. The van der Waals surface area contributed by atoms with Crippen LogP contribution in [0.15, 0.2) is 60.7 Å². The Bertz CT molecular complexity index is 982. The first-order valence-corrected chi connectivity index (χ1v) is 11.6. The van der Waals surface area contributed by atoms with Crippen molar-refractivity contribution in [3.63, 3.8) is 0 Å². The van der Waals surface area contributed by atoms with Crippen LogP contribution in [0.2, 0.25) is 0 Å². The van der Waals surface area contributed by atoms with E-state index in [0.29, 0.717) is 23.3 Å². The first kappa shape index (κ1) is 23.9. The summed E-state index contributed by atoms with van der Waals surface area (Å²) in [6.45, 7) is 2.89. The van der Waals surface area contributed by atoms with Crippen LogP contribution in [-0.4, -0.2) is 6.61 Å². The minimum Gasteiger partial charge on any atom is -0.494 e. The smallest absolute Gasteiger partial charge is 0.131 e. The molecule has 0 fully saturated rings. The number of halogens is 3. The van der Waals surface area contributed by atoms with Gasteiger partial charge in [0.1, 0.15) is 23.2 Å². The van der Waals surface area contributed by atoms with Gasteiger partial charge in [0.05, 0.1) is 6.61 Å². The average Bonchev–Trinajstić information content (AvgIpc) is 2.80. The normalized spacial score (nSPS) is 11.0. The quantitative estimate of drug-likeness (QED) is 0.255. The Kier molecular flexibility index (Phi) is 9.21. The Hall–Kier alpha value is -2.75. The lowest BCUT2D eigenvalue weighted by molar-refractivity contribution is 0.304. The highest BCUT2D eigenvalue weighted by molar-refractivity contribution is 5.83. The molecule has 3 aromatic carbocycles. The van der Waals surface area contributed by atoms with Crippen LogP contribution in [0.25, 0.3) is 22.3 Å². The van der Waals surface area contributed by atoms with Gasteiger partial charge in [-0.1, -0.05) is 70.1 Å². The van der Waals surface area contributed by atoms with Crippen LogP contribution < -0.4 is 4.74 Å². The third-order valence-electron chi connectivity index (χ3n) is 5.63. The van der Waals surface area contributed by atoms with Crippen LogP contribution in [0.5, 0.6) is 5.75 Å². The van der Waals surface area contributed by atoms with E-state index in [1.165, 1.54) is 56.7 Å². The van der Waals surface area contributed by atoms with Gasteiger partial charge in [0.25, 0.3) is 0 Å². The van der Waals surface area contributed by atoms with E-state index in [2.05, 4.69) is 6.92 Å². The van der Waals surface area contributed by atoms with Crippen molar-refractivity contribution in [1.29, 1.82) is 0 Å². The highest BCUT2D eigenvalue weighted by Gasteiger charge is 2.14. The summed E-state index contributed by atoms with van der Waals surface area (Å²) in [5, 5.41) is 0. The first-order valence-electron chi connectivity index (χ1n) is 11.6. The molecule has 1 nitrogen and oxygen atoms in total. The van der Waals surface area contributed by atoms with Crippen LogP contribution in [-0.2, 0) is 0 Å². The van der Waals surface area contributed by atoms with E-state index in [0.717, 1.165) is 36.8 Å². The van der Waals surface area contributed by atoms with Crippen LogP contribution in [0.1, 0.15) is 58.3 Å². The minimum atomic E-state index is -0.551. The third-order valence-corrected chi connectivity index (χ3v) is 5.63. The van der Waals surface area contributed by atoms with Crippen molar-refractivity contribution in [2.75, 3.05) is 6.61 Å². The molecule has 0 radical (unpaired) electrons. The van der Waals surface area contributed by atoms with Crippen molar-refractivity contribution >= 4 is 0 Å². The van der Waals surface area contributed by atoms with Gasteiger partial charge in [-0.3, -0.25) is 0 Å². The average molecular weight is 441 g/mol. The van der Waals surface area contributed by atoms with E-state index in [9.17, 15) is 13.2 Å². The SMILES string of the molecule is CCCCCCCCCCOc1ccc(-c2cc(F)ccc2-c2cc(F)ccc2F)cc1. The molecule has 0 heterocycles. The maximum Gasteiger partial charge on any atom is 0.131 e. The Morgan fingerprint density at radius 3 is 1.88 bits per heavy atom. The second kappa shape index (κ2) is 12.3. The molecule has 4 heteroatoms. The van der Waals surface area contributed by atoms with Gasteiger partial charge in [-0.15, -0.1) is 0 Å². The molecule has 3 rings (SSSR count). The molecule has 0 atom stereocenters. The van der Waals surface area contributed by atoms with Gasteiger partial charge in [0, 0.05) is 5.56 Å². The maximum atomic E-state index is 14.3. The zero-order chi connectivity index (χ0) is 22.8. The van der Waals surface area contributed by atoms with Gasteiger partial charge >= 0.3 is 0 Å². The molecule has 0 unspecified atom stereocenters. The lowest BCUT2D eigenvalue weighted by Crippen LogP contribution is -1.97. The predicted octanol–water partition coefficient (Wildman–Crippen LogP) is 8.96. The second-order valence-electron chi connectivity index (χ2n) is 8.16. The van der Waals surface area contributed by atoms with Gasteiger partial charge in [-0.05, 0) is 65.6 Å². The van der Waals surface area contributed by atoms with Crippen LogP contribution in [0.3, 0.4) is 0 Å². The monoisotopic (exact) mass is 440 g/mol. The standard InChI is InChI=1S/C28H31F3O/c1-2-3-4-5-6-7-8-9-18-32-24-14-10-21(11-15-24)26-19-22(29)12-16-25(26)27-20-23(30)13-17-28(27)31/h10-17,19-20H,2-9,18H2,1H3. The van der Waals surface area contributed by atoms with Crippen LogP contribution >= 0.6 is 0 Å². The number of ether oxygens (including phenoxy) is 1. The largest absolute Gasteiger partial charge is 0.494 e. The summed E-state index contributed by atoms with van der Waals surface area (Å²) in [5.41, 5.74) is 1.76. The number of hydrogen-bond donors (Lipinski definition) is 0. The van der Waals surface area contributed by atoms with E-state index < -0.39 is 17.5 Å². The Morgan fingerprint density at radius 2 is 1.19 bits per heavy atom. The van der Waals surface area contributed by atoms with Crippen LogP contribution in [0, 0.1) is 17.5 Å². The summed E-state index contributed by atoms with van der Waals surface area (Å²) in [6.07, 6.45) is 9.96. The zero-order valence-corrected chi connectivity index (χ0v) is 18.7. The van der Waals surface area contributed by atoms with Gasteiger partial charge < -0.3 is 4.74 Å². The molecule has 0 aliphatic rings. The number of hydrogen-bond acceptors (Lipinski definition) is 1. The molecule has 0 aliphatic heterocycles. The fourth-order valence-corrected chi connectivity index (χ4v) is 3.85. The third kappa shape index (κ3) is 6.88. The lowest BCUT2D eigenvalue weighted by Gasteiger charge is -2.13. The highest BCUT2D eigenvalue weighted by Crippen LogP contribution is 2.35. The van der Waals surface area contributed by atoms with E-state index in [1.807, 2.05) is 24.3 Å². The molecule has 0 saturated carbocycles. The molecular weight excluding hydrogens is 409 g/mol. The summed E-state index contributed by atoms with van der Waals surface area (Å²) < 4.78 is 47.9. The zero-order valence-electron chi connectivity index (χ0n) is 18.7. The highest BCUT2D eigenvalue weighted by atomic mass is 19.1. The van der Waals surface area contributed by atoms with Crippen molar-refractivity contribution in [2.45, 2.75) is 58.3 Å².